The molecule has 1 aromatic rings. The van der Waals surface area contributed by atoms with Crippen molar-refractivity contribution >= 4 is 33.4 Å². The average Bonchev–Trinajstić information content (AvgIpc) is 2.36. The molecule has 1 rings (SSSR count). The van der Waals surface area contributed by atoms with E-state index in [-0.39, 0.29) is 11.3 Å². The Morgan fingerprint density at radius 2 is 2.05 bits per heavy atom. The van der Waals surface area contributed by atoms with Crippen molar-refractivity contribution in [2.45, 2.75) is 27.2 Å². The van der Waals surface area contributed by atoms with Gasteiger partial charge in [0.25, 0.3) is 5.91 Å². The van der Waals surface area contributed by atoms with Crippen LogP contribution in [-0.4, -0.2) is 30.4 Å². The van der Waals surface area contributed by atoms with E-state index in [9.17, 15) is 4.79 Å². The molecule has 1 aromatic carbocycles. The monoisotopic (exact) mass is 360 g/mol. The number of nitrogens with two attached hydrogens (primary N) is 1. The molecule has 2 N–H and O–H groups in total. The van der Waals surface area contributed by atoms with Crippen molar-refractivity contribution in [1.82, 2.24) is 4.90 Å². The lowest BCUT2D eigenvalue weighted by Crippen LogP contribution is -2.42. The second-order valence-electron chi connectivity index (χ2n) is 5.75. The van der Waals surface area contributed by atoms with Crippen molar-refractivity contribution in [3.63, 3.8) is 0 Å². The first-order chi connectivity index (χ1) is 9.29. The SMILES string of the molecule is CCCN(CC(C)(C)CN)C(=O)c1cc(Cl)cc(Br)c1. The number of halogens is 2. The molecular weight excluding hydrogens is 340 g/mol. The number of carbonyl (C=O) groups is 1. The molecule has 0 saturated heterocycles. The van der Waals surface area contributed by atoms with Crippen LogP contribution in [0.15, 0.2) is 22.7 Å². The zero-order valence-electron chi connectivity index (χ0n) is 12.2. The number of carbonyl (C=O) groups excluding carboxylic acids is 1. The summed E-state index contributed by atoms with van der Waals surface area (Å²) in [5.41, 5.74) is 6.28. The van der Waals surface area contributed by atoms with Crippen LogP contribution in [-0.2, 0) is 0 Å². The van der Waals surface area contributed by atoms with Crippen LogP contribution in [0.5, 0.6) is 0 Å². The fourth-order valence-electron chi connectivity index (χ4n) is 1.96. The van der Waals surface area contributed by atoms with E-state index in [1.54, 1.807) is 18.2 Å². The summed E-state index contributed by atoms with van der Waals surface area (Å²) >= 11 is 9.38. The maximum atomic E-state index is 12.6. The normalized spacial score (nSPS) is 11.5. The topological polar surface area (TPSA) is 46.3 Å². The first-order valence-electron chi connectivity index (χ1n) is 6.74. The zero-order chi connectivity index (χ0) is 15.3. The second kappa shape index (κ2) is 7.43. The van der Waals surface area contributed by atoms with E-state index in [1.807, 2.05) is 4.90 Å². The lowest BCUT2D eigenvalue weighted by molar-refractivity contribution is 0.0689. The number of rotatable bonds is 6. The van der Waals surface area contributed by atoms with Crippen molar-refractivity contribution in [2.24, 2.45) is 11.1 Å². The Labute approximate surface area is 134 Å². The molecular formula is C15H22BrClN2O. The fourth-order valence-corrected chi connectivity index (χ4v) is 2.82. The van der Waals surface area contributed by atoms with Crippen LogP contribution in [0.2, 0.25) is 5.02 Å². The summed E-state index contributed by atoms with van der Waals surface area (Å²) in [6, 6.07) is 5.27. The van der Waals surface area contributed by atoms with Crippen LogP contribution >= 0.6 is 27.5 Å². The van der Waals surface area contributed by atoms with Gasteiger partial charge in [-0.15, -0.1) is 0 Å². The maximum Gasteiger partial charge on any atom is 0.253 e. The molecule has 0 aromatic heterocycles. The Morgan fingerprint density at radius 1 is 1.40 bits per heavy atom. The smallest absolute Gasteiger partial charge is 0.253 e. The van der Waals surface area contributed by atoms with Gasteiger partial charge in [-0.05, 0) is 36.6 Å². The molecule has 0 heterocycles. The molecule has 5 heteroatoms. The minimum atomic E-state index is -0.0966. The van der Waals surface area contributed by atoms with Crippen LogP contribution in [0.4, 0.5) is 0 Å². The lowest BCUT2D eigenvalue weighted by Gasteiger charge is -2.32. The van der Waals surface area contributed by atoms with Crippen LogP contribution < -0.4 is 5.73 Å². The van der Waals surface area contributed by atoms with E-state index in [0.717, 1.165) is 10.9 Å². The summed E-state index contributed by atoms with van der Waals surface area (Å²) in [7, 11) is 0. The highest BCUT2D eigenvalue weighted by Gasteiger charge is 2.24. The molecule has 0 saturated carbocycles. The van der Waals surface area contributed by atoms with Gasteiger partial charge >= 0.3 is 0 Å². The molecule has 0 aliphatic rings. The van der Waals surface area contributed by atoms with E-state index >= 15 is 0 Å². The number of benzene rings is 1. The molecule has 3 nitrogen and oxygen atoms in total. The summed E-state index contributed by atoms with van der Waals surface area (Å²) in [6.07, 6.45) is 0.911. The summed E-state index contributed by atoms with van der Waals surface area (Å²) < 4.78 is 0.808. The van der Waals surface area contributed by atoms with Crippen molar-refractivity contribution in [3.05, 3.63) is 33.3 Å². The van der Waals surface area contributed by atoms with Gasteiger partial charge in [-0.25, -0.2) is 0 Å². The fraction of sp³-hybridized carbons (Fsp3) is 0.533. The van der Waals surface area contributed by atoms with Crippen molar-refractivity contribution in [1.29, 1.82) is 0 Å². The zero-order valence-corrected chi connectivity index (χ0v) is 14.6. The third-order valence-electron chi connectivity index (χ3n) is 3.06. The predicted molar refractivity (Wildman–Crippen MR) is 88.2 cm³/mol. The predicted octanol–water partition coefficient (Wildman–Crippen LogP) is 3.94. The van der Waals surface area contributed by atoms with Crippen molar-refractivity contribution < 1.29 is 4.79 Å². The molecule has 112 valence electrons. The highest BCUT2D eigenvalue weighted by atomic mass is 79.9. The van der Waals surface area contributed by atoms with Gasteiger partial charge in [0, 0.05) is 28.1 Å². The van der Waals surface area contributed by atoms with Gasteiger partial charge in [-0.1, -0.05) is 48.3 Å². The third kappa shape index (κ3) is 5.08. The van der Waals surface area contributed by atoms with E-state index in [1.165, 1.54) is 0 Å². The molecule has 0 aliphatic heterocycles. The Balaban J connectivity index is 2.99. The molecule has 0 spiro atoms. The van der Waals surface area contributed by atoms with Gasteiger partial charge in [0.05, 0.1) is 0 Å². The minimum absolute atomic E-state index is 0.00317. The van der Waals surface area contributed by atoms with Crippen LogP contribution in [0.3, 0.4) is 0 Å². The van der Waals surface area contributed by atoms with Gasteiger partial charge in [0.2, 0.25) is 0 Å². The van der Waals surface area contributed by atoms with Gasteiger partial charge in [0.1, 0.15) is 0 Å². The molecule has 0 aliphatic carbocycles. The number of nitrogens with zero attached hydrogens (tertiary/aromatic N) is 1. The van der Waals surface area contributed by atoms with Crippen molar-refractivity contribution in [2.75, 3.05) is 19.6 Å². The van der Waals surface area contributed by atoms with Gasteiger partial charge < -0.3 is 10.6 Å². The van der Waals surface area contributed by atoms with Crippen LogP contribution in [0, 0.1) is 5.41 Å². The standard InChI is InChI=1S/C15H22BrClN2O/c1-4-5-19(10-15(2,3)9-18)14(20)11-6-12(16)8-13(17)7-11/h6-8H,4-5,9-10,18H2,1-3H3. The van der Waals surface area contributed by atoms with E-state index in [2.05, 4.69) is 36.7 Å². The van der Waals surface area contributed by atoms with Crippen LogP contribution in [0.1, 0.15) is 37.6 Å². The number of hydrogen-bond donors (Lipinski definition) is 1. The molecule has 0 bridgehead atoms. The van der Waals surface area contributed by atoms with Gasteiger partial charge in [-0.2, -0.15) is 0 Å². The second-order valence-corrected chi connectivity index (χ2v) is 7.11. The third-order valence-corrected chi connectivity index (χ3v) is 3.74. The highest BCUT2D eigenvalue weighted by Crippen LogP contribution is 2.22. The minimum Gasteiger partial charge on any atom is -0.338 e. The molecule has 20 heavy (non-hydrogen) atoms. The maximum absolute atomic E-state index is 12.6. The first-order valence-corrected chi connectivity index (χ1v) is 7.91. The van der Waals surface area contributed by atoms with Gasteiger partial charge in [0.15, 0.2) is 0 Å². The lowest BCUT2D eigenvalue weighted by atomic mass is 9.92. The van der Waals surface area contributed by atoms with E-state index in [4.69, 9.17) is 17.3 Å². The summed E-state index contributed by atoms with van der Waals surface area (Å²) in [5, 5.41) is 0.553. The molecule has 0 atom stereocenters. The average molecular weight is 362 g/mol. The molecule has 1 amide bonds. The van der Waals surface area contributed by atoms with E-state index in [0.29, 0.717) is 30.2 Å². The van der Waals surface area contributed by atoms with Crippen LogP contribution in [0.25, 0.3) is 0 Å². The molecule has 0 unspecified atom stereocenters. The number of hydrogen-bond acceptors (Lipinski definition) is 2. The highest BCUT2D eigenvalue weighted by molar-refractivity contribution is 9.10. The molecule has 0 radical (unpaired) electrons. The van der Waals surface area contributed by atoms with Crippen molar-refractivity contribution in [3.8, 4) is 0 Å². The summed E-state index contributed by atoms with van der Waals surface area (Å²) in [6.45, 7) is 8.09. The van der Waals surface area contributed by atoms with E-state index < -0.39 is 0 Å². The Hall–Kier alpha value is -0.580. The quantitative estimate of drug-likeness (QED) is 0.834. The van der Waals surface area contributed by atoms with Gasteiger partial charge in [-0.3, -0.25) is 4.79 Å². The Bertz CT molecular complexity index is 457. The Morgan fingerprint density at radius 3 is 2.55 bits per heavy atom. The summed E-state index contributed by atoms with van der Waals surface area (Å²) in [4.78, 5) is 14.5. The first kappa shape index (κ1) is 17.5. The number of amides is 1. The molecule has 0 fully saturated rings. The largest absolute Gasteiger partial charge is 0.338 e. The Kier molecular flexibility index (Phi) is 6.49. The summed E-state index contributed by atoms with van der Waals surface area (Å²) in [5.74, 6) is -0.00317.